The van der Waals surface area contributed by atoms with E-state index in [1.54, 1.807) is 0 Å². The maximum atomic E-state index is 6.32. The molecule has 1 heterocycles. The molecular weight excluding hydrogens is 306 g/mol. The lowest BCUT2D eigenvalue weighted by Crippen LogP contribution is -2.43. The Hall–Kier alpha value is -0.193. The third-order valence-electron chi connectivity index (χ3n) is 3.59. The molecular formula is C14H24BrNOSi. The van der Waals surface area contributed by atoms with Crippen molar-refractivity contribution in [3.63, 3.8) is 0 Å². The molecule has 0 fully saturated rings. The second kappa shape index (κ2) is 5.84. The van der Waals surface area contributed by atoms with Gasteiger partial charge in [-0.25, -0.2) is 0 Å². The van der Waals surface area contributed by atoms with Gasteiger partial charge in [0.1, 0.15) is 0 Å². The van der Waals surface area contributed by atoms with Crippen LogP contribution >= 0.6 is 15.9 Å². The molecule has 102 valence electrons. The summed E-state index contributed by atoms with van der Waals surface area (Å²) in [4.78, 5) is 4.40. The molecule has 0 radical (unpaired) electrons. The fourth-order valence-corrected chi connectivity index (χ4v) is 3.22. The highest BCUT2D eigenvalue weighted by Gasteiger charge is 2.38. The lowest BCUT2D eigenvalue weighted by Gasteiger charge is -2.38. The normalized spacial score (nSPS) is 14.6. The second-order valence-corrected chi connectivity index (χ2v) is 12.0. The van der Waals surface area contributed by atoms with Crippen molar-refractivity contribution in [3.05, 3.63) is 28.5 Å². The molecule has 0 aromatic carbocycles. The first-order valence-corrected chi connectivity index (χ1v) is 10.1. The molecule has 1 rings (SSSR count). The monoisotopic (exact) mass is 329 g/mol. The van der Waals surface area contributed by atoms with Crippen LogP contribution in [0.2, 0.25) is 18.1 Å². The number of halogens is 1. The number of hydrogen-bond donors (Lipinski definition) is 0. The first-order valence-electron chi connectivity index (χ1n) is 6.40. The molecule has 0 saturated carbocycles. The number of pyridine rings is 1. The molecule has 0 N–H and O–H groups in total. The summed E-state index contributed by atoms with van der Waals surface area (Å²) >= 11 is 3.40. The van der Waals surface area contributed by atoms with Gasteiger partial charge in [-0.05, 0) is 53.1 Å². The molecule has 2 nitrogen and oxygen atoms in total. The van der Waals surface area contributed by atoms with Crippen LogP contribution in [-0.2, 0) is 10.8 Å². The van der Waals surface area contributed by atoms with Crippen molar-refractivity contribution < 1.29 is 4.43 Å². The van der Waals surface area contributed by atoms with E-state index >= 15 is 0 Å². The molecule has 0 saturated heterocycles. The van der Waals surface area contributed by atoms with Gasteiger partial charge in [-0.2, -0.15) is 0 Å². The van der Waals surface area contributed by atoms with Crippen molar-refractivity contribution in [1.29, 1.82) is 0 Å². The summed E-state index contributed by atoms with van der Waals surface area (Å²) in [7, 11) is -1.67. The number of nitrogens with zero attached hydrogens (tertiary/aromatic N) is 1. The average Bonchev–Trinajstić information content (AvgIpc) is 2.19. The van der Waals surface area contributed by atoms with Crippen molar-refractivity contribution in [2.75, 3.05) is 0 Å². The number of rotatable bonds is 4. The molecule has 0 amide bonds. The van der Waals surface area contributed by atoms with Crippen LogP contribution in [0, 0.1) is 0 Å². The zero-order valence-electron chi connectivity index (χ0n) is 12.2. The van der Waals surface area contributed by atoms with Crippen molar-refractivity contribution >= 4 is 24.2 Å². The number of aromatic nitrogens is 1. The zero-order chi connectivity index (χ0) is 14.0. The van der Waals surface area contributed by atoms with Gasteiger partial charge in [-0.3, -0.25) is 4.98 Å². The van der Waals surface area contributed by atoms with E-state index in [1.165, 1.54) is 0 Å². The maximum absolute atomic E-state index is 6.32. The van der Waals surface area contributed by atoms with Crippen LogP contribution in [0.25, 0.3) is 0 Å². The summed E-state index contributed by atoms with van der Waals surface area (Å²) < 4.78 is 7.34. The zero-order valence-corrected chi connectivity index (χ0v) is 14.8. The molecule has 0 aliphatic heterocycles. The molecule has 4 heteroatoms. The van der Waals surface area contributed by atoms with Gasteiger partial charge >= 0.3 is 0 Å². The summed E-state index contributed by atoms with van der Waals surface area (Å²) in [6.07, 6.45) is 2.94. The number of hydrogen-bond acceptors (Lipinski definition) is 2. The van der Waals surface area contributed by atoms with Gasteiger partial charge in [0, 0.05) is 28.9 Å². The molecule has 1 unspecified atom stereocenters. The van der Waals surface area contributed by atoms with E-state index < -0.39 is 8.32 Å². The van der Waals surface area contributed by atoms with Gasteiger partial charge in [-0.1, -0.05) is 20.8 Å². The van der Waals surface area contributed by atoms with E-state index in [0.717, 1.165) is 16.6 Å². The first-order chi connectivity index (χ1) is 8.12. The Labute approximate surface area is 120 Å². The average molecular weight is 330 g/mol. The second-order valence-electron chi connectivity index (χ2n) is 6.36. The van der Waals surface area contributed by atoms with Crippen molar-refractivity contribution in [2.24, 2.45) is 0 Å². The Morgan fingerprint density at radius 3 is 2.39 bits per heavy atom. The highest BCUT2D eigenvalue weighted by Crippen LogP contribution is 2.37. The minimum Gasteiger partial charge on any atom is -0.414 e. The van der Waals surface area contributed by atoms with Crippen LogP contribution in [0.15, 0.2) is 22.8 Å². The summed E-state index contributed by atoms with van der Waals surface area (Å²) in [5, 5.41) is 0.258. The van der Waals surface area contributed by atoms with E-state index in [4.69, 9.17) is 4.43 Å². The smallest absolute Gasteiger partial charge is 0.192 e. The molecule has 0 aliphatic rings. The van der Waals surface area contributed by atoms with Crippen LogP contribution < -0.4 is 0 Å². The van der Waals surface area contributed by atoms with Gasteiger partial charge in [0.05, 0.1) is 0 Å². The van der Waals surface area contributed by atoms with Crippen molar-refractivity contribution in [1.82, 2.24) is 4.98 Å². The highest BCUT2D eigenvalue weighted by molar-refractivity contribution is 9.10. The van der Waals surface area contributed by atoms with Crippen LogP contribution in [0.5, 0.6) is 0 Å². The van der Waals surface area contributed by atoms with Crippen molar-refractivity contribution in [3.8, 4) is 0 Å². The summed E-state index contributed by atoms with van der Waals surface area (Å²) in [6.45, 7) is 13.5. The minimum absolute atomic E-state index is 0.222. The Kier molecular flexibility index (Phi) is 5.15. The van der Waals surface area contributed by atoms with Gasteiger partial charge < -0.3 is 4.43 Å². The third-order valence-corrected chi connectivity index (χ3v) is 8.66. The van der Waals surface area contributed by atoms with E-state index in [9.17, 15) is 0 Å². The Morgan fingerprint density at radius 1 is 1.33 bits per heavy atom. The SMILES string of the molecule is CC(Cc1ccc(Br)cn1)O[Si](C)(C)C(C)(C)C. The Balaban J connectivity index is 2.62. The van der Waals surface area contributed by atoms with E-state index in [0.29, 0.717) is 0 Å². The summed E-state index contributed by atoms with van der Waals surface area (Å²) in [6, 6.07) is 4.08. The fraction of sp³-hybridized carbons (Fsp3) is 0.643. The molecule has 0 aliphatic carbocycles. The van der Waals surface area contributed by atoms with Crippen LogP contribution in [0.1, 0.15) is 33.4 Å². The van der Waals surface area contributed by atoms with E-state index in [1.807, 2.05) is 12.3 Å². The largest absolute Gasteiger partial charge is 0.414 e. The quantitative estimate of drug-likeness (QED) is 0.740. The van der Waals surface area contributed by atoms with Gasteiger partial charge in [0.2, 0.25) is 0 Å². The molecule has 1 aromatic rings. The van der Waals surface area contributed by atoms with Crippen LogP contribution in [-0.4, -0.2) is 19.4 Å². The maximum Gasteiger partial charge on any atom is 0.192 e. The van der Waals surface area contributed by atoms with Gasteiger partial charge in [0.15, 0.2) is 8.32 Å². The fourth-order valence-electron chi connectivity index (χ4n) is 1.54. The topological polar surface area (TPSA) is 22.1 Å². The minimum atomic E-state index is -1.67. The standard InChI is InChI=1S/C14H24BrNOSi/c1-11(17-18(5,6)14(2,3)4)9-13-8-7-12(15)10-16-13/h7-8,10-11H,9H2,1-6H3. The lowest BCUT2D eigenvalue weighted by molar-refractivity contribution is 0.198. The lowest BCUT2D eigenvalue weighted by atomic mass is 10.2. The van der Waals surface area contributed by atoms with Crippen molar-refractivity contribution in [2.45, 2.75) is 58.4 Å². The van der Waals surface area contributed by atoms with E-state index in [2.05, 4.69) is 67.8 Å². The predicted octanol–water partition coefficient (Wildman–Crippen LogP) is 4.80. The van der Waals surface area contributed by atoms with Crippen LogP contribution in [0.4, 0.5) is 0 Å². The molecule has 1 atom stereocenters. The molecule has 1 aromatic heterocycles. The Bertz CT molecular complexity index is 384. The van der Waals surface area contributed by atoms with Crippen LogP contribution in [0.3, 0.4) is 0 Å². The predicted molar refractivity (Wildman–Crippen MR) is 83.4 cm³/mol. The Morgan fingerprint density at radius 2 is 1.94 bits per heavy atom. The summed E-state index contributed by atoms with van der Waals surface area (Å²) in [5.74, 6) is 0. The molecule has 18 heavy (non-hydrogen) atoms. The van der Waals surface area contributed by atoms with Gasteiger partial charge in [0.25, 0.3) is 0 Å². The van der Waals surface area contributed by atoms with Gasteiger partial charge in [-0.15, -0.1) is 0 Å². The third kappa shape index (κ3) is 4.48. The highest BCUT2D eigenvalue weighted by atomic mass is 79.9. The molecule has 0 spiro atoms. The summed E-state index contributed by atoms with van der Waals surface area (Å²) in [5.41, 5.74) is 1.09. The first kappa shape index (κ1) is 15.9. The molecule has 0 bridgehead atoms. The van der Waals surface area contributed by atoms with E-state index in [-0.39, 0.29) is 11.1 Å².